The molecule has 0 radical (unpaired) electrons. The Morgan fingerprint density at radius 3 is 2.76 bits per heavy atom. The molecule has 1 aromatic heterocycles. The largest absolute Gasteiger partial charge is 0.271 e. The highest BCUT2D eigenvalue weighted by Gasteiger charge is 2.30. The molecule has 2 unspecified atom stereocenters. The second-order valence-corrected chi connectivity index (χ2v) is 5.45. The fraction of sp³-hybridized carbons (Fsp3) is 0.312. The van der Waals surface area contributed by atoms with Crippen LogP contribution in [0.1, 0.15) is 29.2 Å². The molecule has 0 spiro atoms. The zero-order chi connectivity index (χ0) is 14.8. The third-order valence-corrected chi connectivity index (χ3v) is 4.08. The number of rotatable bonds is 4. The van der Waals surface area contributed by atoms with E-state index in [9.17, 15) is 8.78 Å². The van der Waals surface area contributed by atoms with Crippen molar-refractivity contribution in [1.29, 1.82) is 0 Å². The van der Waals surface area contributed by atoms with Gasteiger partial charge in [-0.25, -0.2) is 8.78 Å². The predicted octanol–water partition coefficient (Wildman–Crippen LogP) is 2.46. The highest BCUT2D eigenvalue weighted by atomic mass is 19.1. The van der Waals surface area contributed by atoms with Crippen LogP contribution >= 0.6 is 0 Å². The molecule has 0 bridgehead atoms. The highest BCUT2D eigenvalue weighted by molar-refractivity contribution is 5.31. The number of pyridine rings is 1. The Labute approximate surface area is 122 Å². The van der Waals surface area contributed by atoms with Crippen LogP contribution in [0.25, 0.3) is 0 Å². The number of hydrazine groups is 1. The molecule has 1 heterocycles. The van der Waals surface area contributed by atoms with Gasteiger partial charge in [0.1, 0.15) is 11.6 Å². The van der Waals surface area contributed by atoms with E-state index in [-0.39, 0.29) is 12.0 Å². The Balaban J connectivity index is 1.83. The average Bonchev–Trinajstić information content (AvgIpc) is 2.87. The number of fused-ring (bicyclic) bond motifs is 1. The Kier molecular flexibility index (Phi) is 3.94. The molecular weight excluding hydrogens is 272 g/mol. The summed E-state index contributed by atoms with van der Waals surface area (Å²) in [6.45, 7) is 0. The average molecular weight is 289 g/mol. The lowest BCUT2D eigenvalue weighted by Gasteiger charge is -2.23. The minimum absolute atomic E-state index is 0.0950. The summed E-state index contributed by atoms with van der Waals surface area (Å²) in [5.41, 5.74) is 5.65. The first-order valence-electron chi connectivity index (χ1n) is 7.02. The summed E-state index contributed by atoms with van der Waals surface area (Å²) >= 11 is 0. The van der Waals surface area contributed by atoms with Crippen molar-refractivity contribution in [2.75, 3.05) is 0 Å². The molecule has 3 N–H and O–H groups in total. The van der Waals surface area contributed by atoms with Crippen LogP contribution in [0.2, 0.25) is 0 Å². The summed E-state index contributed by atoms with van der Waals surface area (Å²) in [5, 5.41) is 0. The maximum absolute atomic E-state index is 13.3. The summed E-state index contributed by atoms with van der Waals surface area (Å²) in [6.07, 6.45) is 4.14. The van der Waals surface area contributed by atoms with Gasteiger partial charge in [0, 0.05) is 29.9 Å². The summed E-state index contributed by atoms with van der Waals surface area (Å²) in [7, 11) is 0. The molecule has 1 aliphatic rings. The SMILES string of the molecule is NNC(Cc1cc(F)cc(F)c1)C1CCc2cccnc21. The van der Waals surface area contributed by atoms with E-state index in [4.69, 9.17) is 5.84 Å². The van der Waals surface area contributed by atoms with Gasteiger partial charge in [0.15, 0.2) is 0 Å². The van der Waals surface area contributed by atoms with Crippen LogP contribution in [0.5, 0.6) is 0 Å². The Hall–Kier alpha value is -1.85. The summed E-state index contributed by atoms with van der Waals surface area (Å²) in [6, 6.07) is 7.47. The third kappa shape index (κ3) is 2.94. The highest BCUT2D eigenvalue weighted by Crippen LogP contribution is 2.34. The van der Waals surface area contributed by atoms with Crippen LogP contribution in [0.4, 0.5) is 8.78 Å². The first kappa shape index (κ1) is 14.1. The van der Waals surface area contributed by atoms with Crippen LogP contribution < -0.4 is 11.3 Å². The molecule has 0 saturated heterocycles. The number of hydrogen-bond acceptors (Lipinski definition) is 3. The van der Waals surface area contributed by atoms with E-state index in [0.29, 0.717) is 12.0 Å². The van der Waals surface area contributed by atoms with Gasteiger partial charge >= 0.3 is 0 Å². The van der Waals surface area contributed by atoms with Crippen LogP contribution in [-0.4, -0.2) is 11.0 Å². The number of aromatic nitrogens is 1. The lowest BCUT2D eigenvalue weighted by Crippen LogP contribution is -2.41. The molecular formula is C16H17F2N3. The molecule has 2 atom stereocenters. The van der Waals surface area contributed by atoms with Gasteiger partial charge in [0.25, 0.3) is 0 Å². The van der Waals surface area contributed by atoms with Crippen molar-refractivity contribution in [2.24, 2.45) is 5.84 Å². The molecule has 1 aromatic carbocycles. The fourth-order valence-corrected chi connectivity index (χ4v) is 3.14. The third-order valence-electron chi connectivity index (χ3n) is 4.08. The number of nitrogens with two attached hydrogens (primary N) is 1. The minimum atomic E-state index is -0.564. The number of benzene rings is 1. The molecule has 0 saturated carbocycles. The van der Waals surface area contributed by atoms with E-state index in [1.54, 1.807) is 6.20 Å². The van der Waals surface area contributed by atoms with Gasteiger partial charge in [-0.3, -0.25) is 16.3 Å². The molecule has 0 aliphatic heterocycles. The summed E-state index contributed by atoms with van der Waals surface area (Å²) in [4.78, 5) is 4.44. The van der Waals surface area contributed by atoms with Gasteiger partial charge < -0.3 is 0 Å². The smallest absolute Gasteiger partial charge is 0.126 e. The van der Waals surface area contributed by atoms with Crippen molar-refractivity contribution in [3.63, 3.8) is 0 Å². The quantitative estimate of drug-likeness (QED) is 0.671. The first-order chi connectivity index (χ1) is 10.2. The standard InChI is InChI=1S/C16H17F2N3/c17-12-6-10(7-13(18)9-12)8-15(21-19)14-4-3-11-2-1-5-20-16(11)14/h1-2,5-7,9,14-15,21H,3-4,8,19H2. The van der Waals surface area contributed by atoms with Crippen molar-refractivity contribution in [2.45, 2.75) is 31.2 Å². The van der Waals surface area contributed by atoms with Crippen molar-refractivity contribution in [1.82, 2.24) is 10.4 Å². The van der Waals surface area contributed by atoms with Gasteiger partial charge in [-0.1, -0.05) is 6.07 Å². The van der Waals surface area contributed by atoms with Crippen molar-refractivity contribution < 1.29 is 8.78 Å². The number of aryl methyl sites for hydroxylation is 1. The summed E-state index contributed by atoms with van der Waals surface area (Å²) < 4.78 is 26.6. The van der Waals surface area contributed by atoms with Crippen LogP contribution in [-0.2, 0) is 12.8 Å². The second kappa shape index (κ2) is 5.87. The number of hydrogen-bond donors (Lipinski definition) is 2. The van der Waals surface area contributed by atoms with Crippen LogP contribution in [0.15, 0.2) is 36.5 Å². The fourth-order valence-electron chi connectivity index (χ4n) is 3.14. The molecule has 3 rings (SSSR count). The van der Waals surface area contributed by atoms with Gasteiger partial charge in [-0.2, -0.15) is 0 Å². The topological polar surface area (TPSA) is 50.9 Å². The molecule has 1 aliphatic carbocycles. The minimum Gasteiger partial charge on any atom is -0.271 e. The number of halogens is 2. The van der Waals surface area contributed by atoms with Gasteiger partial charge in [-0.05, 0) is 48.6 Å². The molecule has 3 nitrogen and oxygen atoms in total. The molecule has 0 fully saturated rings. The Bertz CT molecular complexity index is 625. The molecule has 2 aromatic rings. The zero-order valence-electron chi connectivity index (χ0n) is 11.5. The summed E-state index contributed by atoms with van der Waals surface area (Å²) in [5.74, 6) is 4.70. The Morgan fingerprint density at radius 1 is 1.29 bits per heavy atom. The first-order valence-corrected chi connectivity index (χ1v) is 7.02. The maximum Gasteiger partial charge on any atom is 0.126 e. The van der Waals surface area contributed by atoms with Crippen LogP contribution in [0, 0.1) is 11.6 Å². The maximum atomic E-state index is 13.3. The van der Waals surface area contributed by atoms with Crippen molar-refractivity contribution in [3.05, 3.63) is 65.0 Å². The van der Waals surface area contributed by atoms with E-state index in [1.807, 2.05) is 6.07 Å². The molecule has 0 amide bonds. The number of nitrogens with zero attached hydrogens (tertiary/aromatic N) is 1. The molecule has 110 valence electrons. The van der Waals surface area contributed by atoms with Crippen molar-refractivity contribution >= 4 is 0 Å². The monoisotopic (exact) mass is 289 g/mol. The predicted molar refractivity (Wildman–Crippen MR) is 76.5 cm³/mol. The van der Waals surface area contributed by atoms with E-state index in [0.717, 1.165) is 24.6 Å². The Morgan fingerprint density at radius 2 is 2.05 bits per heavy atom. The molecule has 5 heteroatoms. The van der Waals surface area contributed by atoms with E-state index >= 15 is 0 Å². The van der Waals surface area contributed by atoms with E-state index < -0.39 is 11.6 Å². The van der Waals surface area contributed by atoms with Gasteiger partial charge in [0.05, 0.1) is 0 Å². The van der Waals surface area contributed by atoms with E-state index in [1.165, 1.54) is 17.7 Å². The number of nitrogens with one attached hydrogen (secondary N) is 1. The van der Waals surface area contributed by atoms with E-state index in [2.05, 4.69) is 16.5 Å². The lowest BCUT2D eigenvalue weighted by atomic mass is 9.91. The zero-order valence-corrected chi connectivity index (χ0v) is 11.5. The molecule has 21 heavy (non-hydrogen) atoms. The second-order valence-electron chi connectivity index (χ2n) is 5.45. The lowest BCUT2D eigenvalue weighted by molar-refractivity contribution is 0.427. The van der Waals surface area contributed by atoms with Gasteiger partial charge in [0.2, 0.25) is 0 Å². The van der Waals surface area contributed by atoms with Crippen LogP contribution in [0.3, 0.4) is 0 Å². The normalized spacial score (nSPS) is 18.5. The van der Waals surface area contributed by atoms with Gasteiger partial charge in [-0.15, -0.1) is 0 Å². The van der Waals surface area contributed by atoms with Crippen molar-refractivity contribution in [3.8, 4) is 0 Å².